The number of amides is 1. The Kier molecular flexibility index (Phi) is 7.27. The van der Waals surface area contributed by atoms with Gasteiger partial charge in [0.05, 0.1) is 18.0 Å². The first-order valence-corrected chi connectivity index (χ1v) is 12.3. The smallest absolute Gasteiger partial charge is 0.236 e. The van der Waals surface area contributed by atoms with E-state index in [-0.39, 0.29) is 47.0 Å². The van der Waals surface area contributed by atoms with Gasteiger partial charge in [-0.25, -0.2) is 27.8 Å². The van der Waals surface area contributed by atoms with E-state index in [2.05, 4.69) is 15.1 Å². The fraction of sp³-hybridized carbons (Fsp3) is 0.308. The molecule has 1 unspecified atom stereocenters. The van der Waals surface area contributed by atoms with Gasteiger partial charge in [0.1, 0.15) is 29.4 Å². The number of halogens is 5. The van der Waals surface area contributed by atoms with Crippen LogP contribution in [0, 0.1) is 29.1 Å². The zero-order valence-electron chi connectivity index (χ0n) is 21.5. The first-order chi connectivity index (χ1) is 19.0. The summed E-state index contributed by atoms with van der Waals surface area (Å²) in [4.78, 5) is 24.5. The number of nitrogen functional groups attached to an aromatic ring is 1. The third-order valence-electron chi connectivity index (χ3n) is 6.55. The van der Waals surface area contributed by atoms with E-state index < -0.39 is 40.6 Å². The molecule has 4 aromatic rings. The van der Waals surface area contributed by atoms with Crippen molar-refractivity contribution in [3.8, 4) is 22.8 Å². The minimum absolute atomic E-state index is 0.0341. The molecule has 0 radical (unpaired) electrons. The van der Waals surface area contributed by atoms with Crippen molar-refractivity contribution in [1.82, 2.24) is 29.5 Å². The summed E-state index contributed by atoms with van der Waals surface area (Å²) in [5.74, 6) is -9.52. The number of nitrogens with zero attached hydrogens (tertiary/aromatic N) is 6. The van der Waals surface area contributed by atoms with Crippen LogP contribution in [0.15, 0.2) is 30.6 Å². The monoisotopic (exact) mass is 561 g/mol. The fourth-order valence-electron chi connectivity index (χ4n) is 4.70. The molecule has 14 heteroatoms. The summed E-state index contributed by atoms with van der Waals surface area (Å²) in [6.45, 7) is 1.21. The van der Waals surface area contributed by atoms with Gasteiger partial charge in [0, 0.05) is 30.8 Å². The van der Waals surface area contributed by atoms with E-state index in [0.717, 1.165) is 18.6 Å². The van der Waals surface area contributed by atoms with Crippen molar-refractivity contribution >= 4 is 22.8 Å². The Labute approximate surface area is 225 Å². The Morgan fingerprint density at radius 2 is 1.80 bits per heavy atom. The Balaban J connectivity index is 1.51. The number of carbonyl (C=O) groups excluding carboxylic acids is 1. The van der Waals surface area contributed by atoms with E-state index in [1.807, 2.05) is 0 Å². The molecule has 1 amide bonds. The van der Waals surface area contributed by atoms with Crippen molar-refractivity contribution in [2.24, 2.45) is 0 Å². The van der Waals surface area contributed by atoms with Gasteiger partial charge in [-0.3, -0.25) is 4.79 Å². The summed E-state index contributed by atoms with van der Waals surface area (Å²) in [5, 5.41) is 4.88. The zero-order valence-corrected chi connectivity index (χ0v) is 21.5. The molecule has 0 spiro atoms. The van der Waals surface area contributed by atoms with Crippen molar-refractivity contribution in [3.63, 3.8) is 0 Å². The molecule has 40 heavy (non-hydrogen) atoms. The number of hydrogen-bond acceptors (Lipinski definition) is 7. The molecule has 1 aliphatic heterocycles. The van der Waals surface area contributed by atoms with Crippen LogP contribution in [0.25, 0.3) is 22.3 Å². The predicted molar refractivity (Wildman–Crippen MR) is 135 cm³/mol. The maximum atomic E-state index is 15.4. The molecular formula is C26H24F5N7O2. The number of anilines is 1. The molecule has 3 heterocycles. The number of benzene rings is 2. The number of fused-ring (bicyclic) bond motifs is 1. The SMILES string of the molecule is CN(C)CC(=O)N1CCCC(n2nc(-c3ccc(Oc4c(F)c(F)cc(F)c4F)cc3F)c3c(N)ncnc32)C1. The highest BCUT2D eigenvalue weighted by Gasteiger charge is 2.30. The quantitative estimate of drug-likeness (QED) is 0.277. The van der Waals surface area contributed by atoms with Crippen molar-refractivity contribution < 1.29 is 31.5 Å². The highest BCUT2D eigenvalue weighted by molar-refractivity contribution is 5.98. The number of aromatic nitrogens is 4. The van der Waals surface area contributed by atoms with Crippen LogP contribution in [0.3, 0.4) is 0 Å². The summed E-state index contributed by atoms with van der Waals surface area (Å²) < 4.78 is 77.2. The fourth-order valence-corrected chi connectivity index (χ4v) is 4.70. The number of ether oxygens (including phenoxy) is 1. The van der Waals surface area contributed by atoms with Crippen LogP contribution in [0.1, 0.15) is 18.9 Å². The summed E-state index contributed by atoms with van der Waals surface area (Å²) in [6, 6.07) is 2.95. The number of piperidine rings is 1. The second-order valence-electron chi connectivity index (χ2n) is 9.67. The molecular weight excluding hydrogens is 537 g/mol. The molecule has 0 bridgehead atoms. The number of hydrogen-bond donors (Lipinski definition) is 1. The predicted octanol–water partition coefficient (Wildman–Crippen LogP) is 4.29. The Hall–Kier alpha value is -4.33. The molecule has 1 aliphatic rings. The standard InChI is InChI=1S/C26H24F5N7O2/c1-36(2)11-19(39)37-7-3-4-13(10-37)38-26-20(25(32)33-12-34-26)23(35-38)15-6-5-14(8-16(15)27)40-24-21(30)17(28)9-18(29)22(24)31/h5-6,8-9,12-13H,3-4,7,10-11H2,1-2H3,(H2,32,33,34). The van der Waals surface area contributed by atoms with E-state index in [1.165, 1.54) is 12.4 Å². The zero-order chi connectivity index (χ0) is 28.7. The molecule has 210 valence electrons. The van der Waals surface area contributed by atoms with Gasteiger partial charge in [-0.2, -0.15) is 13.9 Å². The van der Waals surface area contributed by atoms with Crippen LogP contribution in [-0.4, -0.2) is 69.2 Å². The van der Waals surface area contributed by atoms with Gasteiger partial charge in [-0.05, 0) is 39.1 Å². The van der Waals surface area contributed by atoms with Gasteiger partial charge in [0.25, 0.3) is 0 Å². The average molecular weight is 562 g/mol. The van der Waals surface area contributed by atoms with Gasteiger partial charge in [0.15, 0.2) is 17.3 Å². The number of likely N-dealkylation sites (N-methyl/N-ethyl adjacent to an activating group) is 1. The van der Waals surface area contributed by atoms with Crippen molar-refractivity contribution in [3.05, 3.63) is 59.7 Å². The van der Waals surface area contributed by atoms with E-state index in [4.69, 9.17) is 10.5 Å². The van der Waals surface area contributed by atoms with Crippen LogP contribution >= 0.6 is 0 Å². The summed E-state index contributed by atoms with van der Waals surface area (Å²) >= 11 is 0. The third-order valence-corrected chi connectivity index (χ3v) is 6.55. The first-order valence-electron chi connectivity index (χ1n) is 12.3. The average Bonchev–Trinajstić information content (AvgIpc) is 3.30. The number of likely N-dealkylation sites (tertiary alicyclic amines) is 1. The van der Waals surface area contributed by atoms with Crippen LogP contribution in [-0.2, 0) is 4.79 Å². The molecule has 9 nitrogen and oxygen atoms in total. The van der Waals surface area contributed by atoms with E-state index in [1.54, 1.807) is 28.6 Å². The van der Waals surface area contributed by atoms with Gasteiger partial charge in [-0.15, -0.1) is 0 Å². The van der Waals surface area contributed by atoms with Crippen molar-refractivity contribution in [2.45, 2.75) is 18.9 Å². The summed E-state index contributed by atoms with van der Waals surface area (Å²) in [5.41, 5.74) is 6.52. The van der Waals surface area contributed by atoms with Crippen molar-refractivity contribution in [1.29, 1.82) is 0 Å². The van der Waals surface area contributed by atoms with Crippen molar-refractivity contribution in [2.75, 3.05) is 39.5 Å². The molecule has 2 aromatic heterocycles. The minimum atomic E-state index is -1.76. The van der Waals surface area contributed by atoms with Gasteiger partial charge < -0.3 is 20.3 Å². The van der Waals surface area contributed by atoms with Crippen LogP contribution in [0.4, 0.5) is 27.8 Å². The normalized spacial score (nSPS) is 15.7. The molecule has 2 N–H and O–H groups in total. The summed E-state index contributed by atoms with van der Waals surface area (Å²) in [6.07, 6.45) is 2.66. The van der Waals surface area contributed by atoms with E-state index in [9.17, 15) is 22.4 Å². The van der Waals surface area contributed by atoms with Crippen LogP contribution in [0.2, 0.25) is 0 Å². The Bertz CT molecular complexity index is 1580. The topological polar surface area (TPSA) is 102 Å². The van der Waals surface area contributed by atoms with Crippen LogP contribution in [0.5, 0.6) is 11.5 Å². The lowest BCUT2D eigenvalue weighted by molar-refractivity contribution is -0.133. The second kappa shape index (κ2) is 10.7. The lowest BCUT2D eigenvalue weighted by Gasteiger charge is -2.33. The summed E-state index contributed by atoms with van der Waals surface area (Å²) in [7, 11) is 3.61. The molecule has 1 saturated heterocycles. The molecule has 1 fully saturated rings. The molecule has 1 atom stereocenters. The van der Waals surface area contributed by atoms with Gasteiger partial charge >= 0.3 is 0 Å². The van der Waals surface area contributed by atoms with E-state index >= 15 is 4.39 Å². The van der Waals surface area contributed by atoms with Gasteiger partial charge in [0.2, 0.25) is 23.3 Å². The third kappa shape index (κ3) is 5.01. The Morgan fingerprint density at radius 1 is 1.07 bits per heavy atom. The first kappa shape index (κ1) is 27.2. The highest BCUT2D eigenvalue weighted by atomic mass is 19.2. The number of nitrogens with two attached hydrogens (primary N) is 1. The maximum Gasteiger partial charge on any atom is 0.236 e. The second-order valence-corrected chi connectivity index (χ2v) is 9.67. The molecule has 0 saturated carbocycles. The number of rotatable bonds is 6. The molecule has 0 aliphatic carbocycles. The molecule has 2 aromatic carbocycles. The number of carbonyl (C=O) groups is 1. The van der Waals surface area contributed by atoms with Gasteiger partial charge in [-0.1, -0.05) is 0 Å². The molecule has 5 rings (SSSR count). The Morgan fingerprint density at radius 3 is 2.48 bits per heavy atom. The van der Waals surface area contributed by atoms with Crippen LogP contribution < -0.4 is 10.5 Å². The maximum absolute atomic E-state index is 15.4. The lowest BCUT2D eigenvalue weighted by atomic mass is 10.1. The highest BCUT2D eigenvalue weighted by Crippen LogP contribution is 2.37. The van der Waals surface area contributed by atoms with E-state index in [0.29, 0.717) is 25.2 Å². The largest absolute Gasteiger partial charge is 0.451 e. The minimum Gasteiger partial charge on any atom is -0.451 e. The lowest BCUT2D eigenvalue weighted by Crippen LogP contribution is -2.44.